The van der Waals surface area contributed by atoms with E-state index in [-0.39, 0.29) is 12.3 Å². The number of carbonyl (C=O) groups excluding carboxylic acids is 1. The van der Waals surface area contributed by atoms with Crippen molar-refractivity contribution >= 4 is 29.1 Å². The highest BCUT2D eigenvalue weighted by molar-refractivity contribution is 6.42. The highest BCUT2D eigenvalue weighted by Crippen LogP contribution is 2.22. The van der Waals surface area contributed by atoms with Gasteiger partial charge in [0, 0.05) is 0 Å². The maximum Gasteiger partial charge on any atom is 0.224 e. The van der Waals surface area contributed by atoms with E-state index in [4.69, 9.17) is 27.9 Å². The van der Waals surface area contributed by atoms with Crippen LogP contribution < -0.4 is 10.1 Å². The van der Waals surface area contributed by atoms with E-state index in [1.54, 1.807) is 18.2 Å². The third-order valence-corrected chi connectivity index (χ3v) is 3.52. The monoisotopic (exact) mass is 323 g/mol. The van der Waals surface area contributed by atoms with Gasteiger partial charge in [-0.15, -0.1) is 0 Å². The Hall–Kier alpha value is -1.71. The molecule has 3 nitrogen and oxygen atoms in total. The predicted octanol–water partition coefficient (Wildman–Crippen LogP) is 3.73. The maximum absolute atomic E-state index is 11.8. The Kier molecular flexibility index (Phi) is 5.90. The van der Waals surface area contributed by atoms with Crippen LogP contribution >= 0.6 is 23.2 Å². The van der Waals surface area contributed by atoms with Gasteiger partial charge in [0.1, 0.15) is 12.4 Å². The van der Waals surface area contributed by atoms with E-state index in [0.717, 1.165) is 11.3 Å². The first-order valence-electron chi connectivity index (χ1n) is 6.53. The molecule has 0 atom stereocenters. The summed E-state index contributed by atoms with van der Waals surface area (Å²) < 4.78 is 5.49. The molecule has 1 N–H and O–H groups in total. The molecule has 0 spiro atoms. The van der Waals surface area contributed by atoms with Crippen LogP contribution in [0.15, 0.2) is 48.5 Å². The van der Waals surface area contributed by atoms with Crippen LogP contribution in [-0.4, -0.2) is 19.1 Å². The minimum absolute atomic E-state index is 0.0787. The van der Waals surface area contributed by atoms with Gasteiger partial charge in [0.15, 0.2) is 0 Å². The Morgan fingerprint density at radius 2 is 1.81 bits per heavy atom. The number of benzene rings is 2. The van der Waals surface area contributed by atoms with E-state index < -0.39 is 0 Å². The first-order chi connectivity index (χ1) is 10.1. The lowest BCUT2D eigenvalue weighted by atomic mass is 10.1. The molecule has 0 unspecified atom stereocenters. The van der Waals surface area contributed by atoms with Crippen molar-refractivity contribution in [3.8, 4) is 5.75 Å². The van der Waals surface area contributed by atoms with Crippen molar-refractivity contribution < 1.29 is 9.53 Å². The number of hydrogen-bond acceptors (Lipinski definition) is 2. The van der Waals surface area contributed by atoms with E-state index >= 15 is 0 Å². The molecular formula is C16H15Cl2NO2. The lowest BCUT2D eigenvalue weighted by Gasteiger charge is -2.08. The van der Waals surface area contributed by atoms with Crippen LogP contribution in [-0.2, 0) is 11.2 Å². The van der Waals surface area contributed by atoms with Crippen LogP contribution in [0.5, 0.6) is 5.75 Å². The molecule has 5 heteroatoms. The van der Waals surface area contributed by atoms with Crippen LogP contribution in [0.3, 0.4) is 0 Å². The van der Waals surface area contributed by atoms with Crippen molar-refractivity contribution in [1.82, 2.24) is 5.32 Å². The van der Waals surface area contributed by atoms with Gasteiger partial charge in [0.05, 0.1) is 23.0 Å². The molecule has 0 aliphatic heterocycles. The summed E-state index contributed by atoms with van der Waals surface area (Å²) in [5, 5.41) is 3.73. The smallest absolute Gasteiger partial charge is 0.224 e. The fraction of sp³-hybridized carbons (Fsp3) is 0.188. The normalized spacial score (nSPS) is 10.2. The third-order valence-electron chi connectivity index (χ3n) is 2.78. The molecule has 0 bridgehead atoms. The summed E-state index contributed by atoms with van der Waals surface area (Å²) in [6, 6.07) is 14.6. The maximum atomic E-state index is 11.8. The topological polar surface area (TPSA) is 38.3 Å². The average molecular weight is 324 g/mol. The van der Waals surface area contributed by atoms with E-state index in [1.807, 2.05) is 30.3 Å². The van der Waals surface area contributed by atoms with Gasteiger partial charge in [-0.3, -0.25) is 4.79 Å². The first kappa shape index (κ1) is 15.7. The zero-order valence-electron chi connectivity index (χ0n) is 11.3. The van der Waals surface area contributed by atoms with Gasteiger partial charge in [-0.05, 0) is 29.8 Å². The summed E-state index contributed by atoms with van der Waals surface area (Å²) in [5.74, 6) is 0.710. The Morgan fingerprint density at radius 3 is 2.52 bits per heavy atom. The van der Waals surface area contributed by atoms with Crippen molar-refractivity contribution in [3.63, 3.8) is 0 Å². The lowest BCUT2D eigenvalue weighted by molar-refractivity contribution is -0.120. The number of halogens is 2. The standard InChI is InChI=1S/C16H15Cl2NO2/c17-14-7-6-12(10-15(14)18)11-16(20)19-8-9-21-13-4-2-1-3-5-13/h1-7,10H,8-9,11H2,(H,19,20). The first-order valence-corrected chi connectivity index (χ1v) is 7.29. The fourth-order valence-corrected chi connectivity index (χ4v) is 2.09. The van der Waals surface area contributed by atoms with Crippen LogP contribution in [0.25, 0.3) is 0 Å². The molecule has 0 fully saturated rings. The molecule has 0 radical (unpaired) electrons. The van der Waals surface area contributed by atoms with Crippen LogP contribution in [0.1, 0.15) is 5.56 Å². The van der Waals surface area contributed by atoms with Gasteiger partial charge in [-0.1, -0.05) is 47.5 Å². The molecule has 110 valence electrons. The molecule has 0 aromatic heterocycles. The molecule has 2 rings (SSSR count). The molecule has 0 aliphatic rings. The van der Waals surface area contributed by atoms with E-state index in [2.05, 4.69) is 5.32 Å². The summed E-state index contributed by atoms with van der Waals surface area (Å²) in [6.45, 7) is 0.881. The highest BCUT2D eigenvalue weighted by atomic mass is 35.5. The second-order valence-electron chi connectivity index (χ2n) is 4.44. The minimum Gasteiger partial charge on any atom is -0.492 e. The molecule has 2 aromatic rings. The molecule has 0 saturated carbocycles. The van der Waals surface area contributed by atoms with E-state index in [0.29, 0.717) is 23.2 Å². The molecule has 1 amide bonds. The molecule has 0 heterocycles. The number of amides is 1. The van der Waals surface area contributed by atoms with Crippen molar-refractivity contribution in [1.29, 1.82) is 0 Å². The summed E-state index contributed by atoms with van der Waals surface area (Å²) in [4.78, 5) is 11.8. The van der Waals surface area contributed by atoms with Crippen molar-refractivity contribution in [2.75, 3.05) is 13.2 Å². The van der Waals surface area contributed by atoms with Crippen molar-refractivity contribution in [3.05, 3.63) is 64.1 Å². The Morgan fingerprint density at radius 1 is 1.05 bits per heavy atom. The number of carbonyl (C=O) groups is 1. The van der Waals surface area contributed by atoms with Gasteiger partial charge < -0.3 is 10.1 Å². The Balaban J connectivity index is 1.71. The number of hydrogen-bond donors (Lipinski definition) is 1. The molecule has 0 aliphatic carbocycles. The Labute approximate surface area is 133 Å². The molecular weight excluding hydrogens is 309 g/mol. The molecule has 2 aromatic carbocycles. The zero-order valence-corrected chi connectivity index (χ0v) is 12.8. The van der Waals surface area contributed by atoms with Crippen LogP contribution in [0.4, 0.5) is 0 Å². The second kappa shape index (κ2) is 7.91. The molecule has 21 heavy (non-hydrogen) atoms. The minimum atomic E-state index is -0.0787. The summed E-state index contributed by atoms with van der Waals surface area (Å²) >= 11 is 11.7. The predicted molar refractivity (Wildman–Crippen MR) is 85.1 cm³/mol. The van der Waals surface area contributed by atoms with E-state index in [9.17, 15) is 4.79 Å². The summed E-state index contributed by atoms with van der Waals surface area (Å²) in [5.41, 5.74) is 0.825. The van der Waals surface area contributed by atoms with Crippen LogP contribution in [0.2, 0.25) is 10.0 Å². The average Bonchev–Trinajstić information content (AvgIpc) is 2.49. The lowest BCUT2D eigenvalue weighted by Crippen LogP contribution is -2.29. The fourth-order valence-electron chi connectivity index (χ4n) is 1.77. The third kappa shape index (κ3) is 5.29. The zero-order chi connectivity index (χ0) is 15.1. The Bertz CT molecular complexity index is 602. The number of nitrogens with one attached hydrogen (secondary N) is 1. The summed E-state index contributed by atoms with van der Waals surface area (Å²) in [6.07, 6.45) is 0.266. The van der Waals surface area contributed by atoms with Gasteiger partial charge in [0.25, 0.3) is 0 Å². The van der Waals surface area contributed by atoms with Gasteiger partial charge in [-0.2, -0.15) is 0 Å². The van der Waals surface area contributed by atoms with Crippen LogP contribution in [0, 0.1) is 0 Å². The molecule has 0 saturated heterocycles. The van der Waals surface area contributed by atoms with Gasteiger partial charge in [-0.25, -0.2) is 0 Å². The summed E-state index contributed by atoms with van der Waals surface area (Å²) in [7, 11) is 0. The van der Waals surface area contributed by atoms with Gasteiger partial charge >= 0.3 is 0 Å². The van der Waals surface area contributed by atoms with Gasteiger partial charge in [0.2, 0.25) is 5.91 Å². The quantitative estimate of drug-likeness (QED) is 0.822. The van der Waals surface area contributed by atoms with Crippen molar-refractivity contribution in [2.45, 2.75) is 6.42 Å². The highest BCUT2D eigenvalue weighted by Gasteiger charge is 2.05. The van der Waals surface area contributed by atoms with E-state index in [1.165, 1.54) is 0 Å². The second-order valence-corrected chi connectivity index (χ2v) is 5.25. The number of ether oxygens (including phenoxy) is 1. The van der Waals surface area contributed by atoms with Crippen molar-refractivity contribution in [2.24, 2.45) is 0 Å². The largest absolute Gasteiger partial charge is 0.492 e. The SMILES string of the molecule is O=C(Cc1ccc(Cl)c(Cl)c1)NCCOc1ccccc1. The number of para-hydroxylation sites is 1. The number of rotatable bonds is 6.